The average Bonchev–Trinajstić information content (AvgIpc) is 3.36. The third kappa shape index (κ3) is 2.98. The zero-order valence-electron chi connectivity index (χ0n) is 15.5. The van der Waals surface area contributed by atoms with Gasteiger partial charge in [-0.2, -0.15) is 0 Å². The normalized spacial score (nSPS) is 21.1. The third-order valence-corrected chi connectivity index (χ3v) is 5.57. The first-order chi connectivity index (χ1) is 13.3. The van der Waals surface area contributed by atoms with Gasteiger partial charge in [0.25, 0.3) is 0 Å². The van der Waals surface area contributed by atoms with E-state index in [-0.39, 0.29) is 0 Å². The Morgan fingerprint density at radius 2 is 1.63 bits per heavy atom. The minimum atomic E-state index is 0.327. The quantitative estimate of drug-likeness (QED) is 0.680. The molecule has 0 saturated carbocycles. The van der Waals surface area contributed by atoms with Crippen molar-refractivity contribution in [2.45, 2.75) is 38.0 Å². The Balaban J connectivity index is 1.51. The van der Waals surface area contributed by atoms with E-state index in [1.807, 2.05) is 11.6 Å². The second-order valence-electron chi connectivity index (χ2n) is 7.42. The van der Waals surface area contributed by atoms with Crippen molar-refractivity contribution in [3.63, 3.8) is 0 Å². The minimum Gasteiger partial charge on any atom is -0.353 e. The average molecular weight is 369 g/mol. The Hall–Kier alpha value is -2.78. The standard InChI is InChI=1S/C17H23N9O/c1-24-11-18-21-15(24)12-6-5-9-26(10-12)17-16(25-7-3-2-4-8-25)19-13-14(20-17)23-27-22-13/h11-12H,2-10H2,1H3. The van der Waals surface area contributed by atoms with Gasteiger partial charge >= 0.3 is 0 Å². The highest BCUT2D eigenvalue weighted by atomic mass is 16.6. The van der Waals surface area contributed by atoms with E-state index < -0.39 is 0 Å². The third-order valence-electron chi connectivity index (χ3n) is 5.57. The van der Waals surface area contributed by atoms with Crippen molar-refractivity contribution >= 4 is 22.9 Å². The summed E-state index contributed by atoms with van der Waals surface area (Å²) >= 11 is 0. The molecule has 0 amide bonds. The molecule has 1 atom stereocenters. The summed E-state index contributed by atoms with van der Waals surface area (Å²) in [6.45, 7) is 3.79. The van der Waals surface area contributed by atoms with E-state index >= 15 is 0 Å². The van der Waals surface area contributed by atoms with Crippen LogP contribution in [0.25, 0.3) is 11.3 Å². The van der Waals surface area contributed by atoms with Crippen LogP contribution in [0.4, 0.5) is 11.6 Å². The van der Waals surface area contributed by atoms with Crippen LogP contribution < -0.4 is 9.80 Å². The Morgan fingerprint density at radius 3 is 2.33 bits per heavy atom. The van der Waals surface area contributed by atoms with E-state index in [1.165, 1.54) is 19.3 Å². The van der Waals surface area contributed by atoms with Crippen molar-refractivity contribution in [3.8, 4) is 0 Å². The van der Waals surface area contributed by atoms with Gasteiger partial charge in [0.15, 0.2) is 11.6 Å². The van der Waals surface area contributed by atoms with Crippen LogP contribution in [0.1, 0.15) is 43.8 Å². The fourth-order valence-electron chi connectivity index (χ4n) is 4.19. The fourth-order valence-corrected chi connectivity index (χ4v) is 4.19. The molecule has 3 aromatic rings. The maximum atomic E-state index is 4.86. The number of piperidine rings is 2. The number of fused-ring (bicyclic) bond motifs is 1. The molecule has 3 aromatic heterocycles. The zero-order valence-corrected chi connectivity index (χ0v) is 15.5. The SMILES string of the molecule is Cn1cnnc1C1CCCN(c2nc3nonc3nc2N2CCCCC2)C1. The van der Waals surface area contributed by atoms with E-state index in [4.69, 9.17) is 14.6 Å². The van der Waals surface area contributed by atoms with E-state index in [1.54, 1.807) is 6.33 Å². The van der Waals surface area contributed by atoms with Crippen molar-refractivity contribution in [3.05, 3.63) is 12.2 Å². The lowest BCUT2D eigenvalue weighted by atomic mass is 9.97. The van der Waals surface area contributed by atoms with Gasteiger partial charge < -0.3 is 14.4 Å². The van der Waals surface area contributed by atoms with Gasteiger partial charge in [0.1, 0.15) is 12.2 Å². The zero-order chi connectivity index (χ0) is 18.2. The van der Waals surface area contributed by atoms with Gasteiger partial charge in [0.2, 0.25) is 11.3 Å². The number of hydrogen-bond acceptors (Lipinski definition) is 9. The lowest BCUT2D eigenvalue weighted by molar-refractivity contribution is 0.314. The summed E-state index contributed by atoms with van der Waals surface area (Å²) in [6.07, 6.45) is 7.57. The predicted molar refractivity (Wildman–Crippen MR) is 98.6 cm³/mol. The lowest BCUT2D eigenvalue weighted by Gasteiger charge is -2.36. The summed E-state index contributed by atoms with van der Waals surface area (Å²) in [5.41, 5.74) is 0.938. The van der Waals surface area contributed by atoms with Crippen molar-refractivity contribution < 1.29 is 4.63 Å². The summed E-state index contributed by atoms with van der Waals surface area (Å²) in [5, 5.41) is 16.2. The molecule has 10 nitrogen and oxygen atoms in total. The molecule has 27 heavy (non-hydrogen) atoms. The van der Waals surface area contributed by atoms with Gasteiger partial charge in [0, 0.05) is 39.1 Å². The minimum absolute atomic E-state index is 0.327. The first kappa shape index (κ1) is 16.4. The van der Waals surface area contributed by atoms with Crippen molar-refractivity contribution in [1.82, 2.24) is 35.0 Å². The molecule has 10 heteroatoms. The van der Waals surface area contributed by atoms with E-state index in [2.05, 4.69) is 30.3 Å². The van der Waals surface area contributed by atoms with Crippen LogP contribution in [0.3, 0.4) is 0 Å². The number of nitrogens with zero attached hydrogens (tertiary/aromatic N) is 9. The lowest BCUT2D eigenvalue weighted by Crippen LogP contribution is -2.38. The molecule has 0 spiro atoms. The number of rotatable bonds is 3. The second kappa shape index (κ2) is 6.75. The summed E-state index contributed by atoms with van der Waals surface area (Å²) in [6, 6.07) is 0. The molecule has 0 aliphatic carbocycles. The van der Waals surface area contributed by atoms with Crippen molar-refractivity contribution in [2.24, 2.45) is 7.05 Å². The van der Waals surface area contributed by atoms with E-state index in [0.29, 0.717) is 17.2 Å². The number of aromatic nitrogens is 7. The summed E-state index contributed by atoms with van der Waals surface area (Å²) in [7, 11) is 2.00. The van der Waals surface area contributed by atoms with Crippen LogP contribution in [-0.2, 0) is 7.05 Å². The van der Waals surface area contributed by atoms with Crippen molar-refractivity contribution in [2.75, 3.05) is 36.0 Å². The van der Waals surface area contributed by atoms with Crippen LogP contribution in [0.2, 0.25) is 0 Å². The molecule has 1 unspecified atom stereocenters. The monoisotopic (exact) mass is 369 g/mol. The van der Waals surface area contributed by atoms with Crippen LogP contribution in [0, 0.1) is 0 Å². The highest BCUT2D eigenvalue weighted by molar-refractivity contribution is 5.74. The maximum Gasteiger partial charge on any atom is 0.245 e. The molecule has 0 aromatic carbocycles. The van der Waals surface area contributed by atoms with Gasteiger partial charge in [0.05, 0.1) is 0 Å². The molecule has 142 valence electrons. The van der Waals surface area contributed by atoms with Gasteiger partial charge in [-0.15, -0.1) is 10.2 Å². The predicted octanol–water partition coefficient (Wildman–Crippen LogP) is 1.52. The highest BCUT2D eigenvalue weighted by Gasteiger charge is 2.30. The molecule has 0 N–H and O–H groups in total. The Morgan fingerprint density at radius 1 is 0.926 bits per heavy atom. The molecular weight excluding hydrogens is 346 g/mol. The summed E-state index contributed by atoms with van der Waals surface area (Å²) < 4.78 is 6.87. The smallest absolute Gasteiger partial charge is 0.245 e. The van der Waals surface area contributed by atoms with E-state index in [0.717, 1.165) is 56.5 Å². The molecule has 2 fully saturated rings. The summed E-state index contributed by atoms with van der Waals surface area (Å²) in [4.78, 5) is 14.2. The van der Waals surface area contributed by atoms with E-state index in [9.17, 15) is 0 Å². The Kier molecular flexibility index (Phi) is 4.10. The molecular formula is C17H23N9O. The number of anilines is 2. The molecule has 2 aliphatic rings. The number of hydrogen-bond donors (Lipinski definition) is 0. The van der Waals surface area contributed by atoms with Gasteiger partial charge in [-0.25, -0.2) is 14.6 Å². The first-order valence-corrected chi connectivity index (χ1v) is 9.63. The molecule has 5 rings (SSSR count). The fraction of sp³-hybridized carbons (Fsp3) is 0.647. The largest absolute Gasteiger partial charge is 0.353 e. The molecule has 2 aliphatic heterocycles. The van der Waals surface area contributed by atoms with Crippen LogP contribution in [0.15, 0.2) is 11.0 Å². The van der Waals surface area contributed by atoms with Crippen LogP contribution >= 0.6 is 0 Å². The first-order valence-electron chi connectivity index (χ1n) is 9.63. The number of aryl methyl sites for hydroxylation is 1. The Bertz CT molecular complexity index is 930. The van der Waals surface area contributed by atoms with Crippen LogP contribution in [-0.4, -0.2) is 61.2 Å². The van der Waals surface area contributed by atoms with Gasteiger partial charge in [-0.3, -0.25) is 0 Å². The molecule has 2 saturated heterocycles. The maximum absolute atomic E-state index is 4.86. The Labute approximate surface area is 156 Å². The van der Waals surface area contributed by atoms with Crippen LogP contribution in [0.5, 0.6) is 0 Å². The second-order valence-corrected chi connectivity index (χ2v) is 7.42. The van der Waals surface area contributed by atoms with Gasteiger partial charge in [-0.05, 0) is 42.4 Å². The molecule has 5 heterocycles. The molecule has 0 bridgehead atoms. The topological polar surface area (TPSA) is 102 Å². The van der Waals surface area contributed by atoms with Crippen molar-refractivity contribution in [1.29, 1.82) is 0 Å². The highest BCUT2D eigenvalue weighted by Crippen LogP contribution is 2.34. The summed E-state index contributed by atoms with van der Waals surface area (Å²) in [5.74, 6) is 3.13. The van der Waals surface area contributed by atoms with Gasteiger partial charge in [-0.1, -0.05) is 0 Å². The molecule has 0 radical (unpaired) electrons.